The van der Waals surface area contributed by atoms with Gasteiger partial charge in [-0.25, -0.2) is 4.98 Å². The molecule has 0 amide bonds. The topological polar surface area (TPSA) is 73.9 Å². The van der Waals surface area contributed by atoms with Crippen LogP contribution in [0, 0.1) is 11.3 Å². The highest BCUT2D eigenvalue weighted by atomic mass is 32.1. The van der Waals surface area contributed by atoms with Crippen LogP contribution in [-0.4, -0.2) is 24.7 Å². The van der Waals surface area contributed by atoms with Gasteiger partial charge < -0.3 is 9.64 Å². The van der Waals surface area contributed by atoms with Gasteiger partial charge in [0, 0.05) is 23.7 Å². The number of thiophene rings is 1. The Bertz CT molecular complexity index is 1370. The summed E-state index contributed by atoms with van der Waals surface area (Å²) in [6.45, 7) is 5.11. The Hall–Kier alpha value is -3.54. The molecule has 0 radical (unpaired) electrons. The molecule has 3 heterocycles. The third kappa shape index (κ3) is 5.81. The van der Waals surface area contributed by atoms with Crippen molar-refractivity contribution in [3.8, 4) is 11.8 Å². The average molecular weight is 514 g/mol. The van der Waals surface area contributed by atoms with Gasteiger partial charge in [-0.3, -0.25) is 0 Å². The molecule has 0 N–H and O–H groups in total. The highest BCUT2D eigenvalue weighted by Gasteiger charge is 2.12. The summed E-state index contributed by atoms with van der Waals surface area (Å²) < 4.78 is 6.77. The van der Waals surface area contributed by atoms with E-state index >= 15 is 0 Å². The van der Waals surface area contributed by atoms with Crippen molar-refractivity contribution in [2.45, 2.75) is 32.6 Å². The number of unbranched alkanes of at least 4 members (excludes halogenated alkanes) is 1. The number of anilines is 1. The summed E-state index contributed by atoms with van der Waals surface area (Å²) in [6, 6.07) is 20.3. The summed E-state index contributed by atoms with van der Waals surface area (Å²) in [4.78, 5) is 8.92. The van der Waals surface area contributed by atoms with Crippen molar-refractivity contribution in [1.29, 1.82) is 5.26 Å². The van der Waals surface area contributed by atoms with Crippen LogP contribution in [0.4, 0.5) is 16.5 Å². The normalized spacial score (nSPS) is 14.1. The first-order chi connectivity index (χ1) is 17.7. The van der Waals surface area contributed by atoms with Crippen LogP contribution in [0.15, 0.2) is 64.8 Å². The molecule has 0 bridgehead atoms. The average Bonchev–Trinajstić information content (AvgIpc) is 3.64. The monoisotopic (exact) mass is 513 g/mol. The van der Waals surface area contributed by atoms with Crippen molar-refractivity contribution < 1.29 is 4.74 Å². The van der Waals surface area contributed by atoms with E-state index in [2.05, 4.69) is 51.3 Å². The number of benzene rings is 2. The minimum atomic E-state index is 0.612. The van der Waals surface area contributed by atoms with Crippen LogP contribution < -0.4 is 9.64 Å². The molecule has 2 aromatic carbocycles. The first-order valence-electron chi connectivity index (χ1n) is 12.2. The van der Waals surface area contributed by atoms with Crippen molar-refractivity contribution >= 4 is 60.4 Å². The van der Waals surface area contributed by atoms with E-state index in [1.54, 1.807) is 11.3 Å². The molecule has 1 aliphatic rings. The Labute approximate surface area is 219 Å². The predicted molar refractivity (Wildman–Crippen MR) is 150 cm³/mol. The van der Waals surface area contributed by atoms with Crippen molar-refractivity contribution in [3.05, 3.63) is 65.0 Å². The number of ether oxygens (including phenoxy) is 1. The van der Waals surface area contributed by atoms with E-state index in [-0.39, 0.29) is 0 Å². The van der Waals surface area contributed by atoms with Gasteiger partial charge in [0.15, 0.2) is 0 Å². The first-order valence-corrected chi connectivity index (χ1v) is 13.9. The second-order valence-corrected chi connectivity index (χ2v) is 10.7. The number of rotatable bonds is 9. The molecule has 1 saturated heterocycles. The zero-order valence-electron chi connectivity index (χ0n) is 20.2. The summed E-state index contributed by atoms with van der Waals surface area (Å²) in [5.41, 5.74) is 3.55. The van der Waals surface area contributed by atoms with Crippen LogP contribution in [0.25, 0.3) is 21.2 Å². The quantitative estimate of drug-likeness (QED) is 0.128. The van der Waals surface area contributed by atoms with Gasteiger partial charge >= 0.3 is 0 Å². The van der Waals surface area contributed by atoms with Crippen LogP contribution in [0.2, 0.25) is 0 Å². The zero-order valence-corrected chi connectivity index (χ0v) is 21.8. The molecule has 0 unspecified atom stereocenters. The summed E-state index contributed by atoms with van der Waals surface area (Å²) in [7, 11) is 0. The molecule has 36 heavy (non-hydrogen) atoms. The van der Waals surface area contributed by atoms with Gasteiger partial charge in [0.25, 0.3) is 0 Å². The standard InChI is InChI=1S/C28H27N5OS2/c1-2-3-16-34-24-12-6-20(7-13-24)21(19-29)17-25-18-26-27(35-25)30-28(36-26)32-31-22-8-10-23(11-9-22)33-14-4-5-15-33/h6-13,17-18H,2-5,14-16H2,1H3/b21-17+,32-31?. The molecule has 182 valence electrons. The number of thiazole rings is 1. The van der Waals surface area contributed by atoms with Gasteiger partial charge in [0.1, 0.15) is 10.6 Å². The molecule has 8 heteroatoms. The summed E-state index contributed by atoms with van der Waals surface area (Å²) in [5, 5.41) is 19.1. The van der Waals surface area contributed by atoms with Gasteiger partial charge in [-0.1, -0.05) is 24.7 Å². The number of hydrogen-bond acceptors (Lipinski definition) is 8. The fourth-order valence-electron chi connectivity index (χ4n) is 4.05. The van der Waals surface area contributed by atoms with E-state index in [0.717, 1.165) is 57.3 Å². The molecular weight excluding hydrogens is 486 g/mol. The lowest BCUT2D eigenvalue weighted by molar-refractivity contribution is 0.309. The van der Waals surface area contributed by atoms with E-state index < -0.39 is 0 Å². The van der Waals surface area contributed by atoms with Crippen molar-refractivity contribution in [2.24, 2.45) is 10.2 Å². The van der Waals surface area contributed by atoms with Gasteiger partial charge in [-0.2, -0.15) is 5.26 Å². The number of hydrogen-bond donors (Lipinski definition) is 0. The maximum absolute atomic E-state index is 9.72. The highest BCUT2D eigenvalue weighted by Crippen LogP contribution is 2.36. The van der Waals surface area contributed by atoms with Gasteiger partial charge in [-0.15, -0.1) is 21.6 Å². The molecule has 0 spiro atoms. The predicted octanol–water partition coefficient (Wildman–Crippen LogP) is 8.62. The fourth-order valence-corrected chi connectivity index (χ4v) is 6.03. The smallest absolute Gasteiger partial charge is 0.231 e. The summed E-state index contributed by atoms with van der Waals surface area (Å²) >= 11 is 3.06. The second kappa shape index (κ2) is 11.5. The molecule has 2 aromatic heterocycles. The number of nitrogens with zero attached hydrogens (tertiary/aromatic N) is 5. The van der Waals surface area contributed by atoms with E-state index in [9.17, 15) is 5.26 Å². The Morgan fingerprint density at radius 3 is 2.56 bits per heavy atom. The molecular formula is C28H27N5OS2. The molecule has 0 aliphatic carbocycles. The molecule has 5 rings (SSSR count). The molecule has 0 atom stereocenters. The fraction of sp³-hybridized carbons (Fsp3) is 0.286. The van der Waals surface area contributed by atoms with Crippen LogP contribution in [0.1, 0.15) is 43.0 Å². The maximum atomic E-state index is 9.72. The minimum absolute atomic E-state index is 0.612. The third-order valence-corrected chi connectivity index (χ3v) is 8.00. The summed E-state index contributed by atoms with van der Waals surface area (Å²) in [6.07, 6.45) is 6.57. The first kappa shape index (κ1) is 24.2. The molecule has 0 saturated carbocycles. The van der Waals surface area contributed by atoms with Gasteiger partial charge in [-0.05, 0) is 85.5 Å². The number of fused-ring (bicyclic) bond motifs is 1. The van der Waals surface area contributed by atoms with Crippen molar-refractivity contribution in [2.75, 3.05) is 24.6 Å². The summed E-state index contributed by atoms with van der Waals surface area (Å²) in [5.74, 6) is 0.828. The number of allylic oxidation sites excluding steroid dienone is 1. The maximum Gasteiger partial charge on any atom is 0.231 e. The molecule has 1 aliphatic heterocycles. The molecule has 4 aromatic rings. The SMILES string of the molecule is CCCCOc1ccc(/C(C#N)=C/c2cc3sc(N=Nc4ccc(N5CCCC5)cc4)nc3s2)cc1. The Morgan fingerprint density at radius 1 is 1.08 bits per heavy atom. The van der Waals surface area contributed by atoms with Gasteiger partial charge in [0.2, 0.25) is 5.13 Å². The number of azo groups is 1. The number of nitriles is 1. The van der Waals surface area contributed by atoms with Crippen molar-refractivity contribution in [3.63, 3.8) is 0 Å². The van der Waals surface area contributed by atoms with E-state index in [1.807, 2.05) is 42.5 Å². The second-order valence-electron chi connectivity index (χ2n) is 8.62. The van der Waals surface area contributed by atoms with E-state index in [4.69, 9.17) is 4.74 Å². The lowest BCUT2D eigenvalue weighted by atomic mass is 10.1. The van der Waals surface area contributed by atoms with Crippen molar-refractivity contribution in [1.82, 2.24) is 4.98 Å². The van der Waals surface area contributed by atoms with Crippen LogP contribution in [-0.2, 0) is 0 Å². The largest absolute Gasteiger partial charge is 0.494 e. The third-order valence-electron chi connectivity index (χ3n) is 6.01. The van der Waals surface area contributed by atoms with Crippen LogP contribution in [0.3, 0.4) is 0 Å². The molecule has 1 fully saturated rings. The highest BCUT2D eigenvalue weighted by molar-refractivity contribution is 7.29. The van der Waals surface area contributed by atoms with E-state index in [1.165, 1.54) is 29.9 Å². The lowest BCUT2D eigenvalue weighted by Crippen LogP contribution is -2.17. The van der Waals surface area contributed by atoms with Crippen LogP contribution in [0.5, 0.6) is 5.75 Å². The Kier molecular flexibility index (Phi) is 7.70. The molecule has 6 nitrogen and oxygen atoms in total. The minimum Gasteiger partial charge on any atom is -0.494 e. The van der Waals surface area contributed by atoms with Gasteiger partial charge in [0.05, 0.1) is 28.6 Å². The lowest BCUT2D eigenvalue weighted by Gasteiger charge is -2.17. The zero-order chi connectivity index (χ0) is 24.7. The Morgan fingerprint density at radius 2 is 1.86 bits per heavy atom. The van der Waals surface area contributed by atoms with Crippen LogP contribution >= 0.6 is 22.7 Å². The van der Waals surface area contributed by atoms with E-state index in [0.29, 0.717) is 17.3 Å². The number of aromatic nitrogens is 1. The Balaban J connectivity index is 1.25.